The summed E-state index contributed by atoms with van der Waals surface area (Å²) in [6.45, 7) is 2.51. The van der Waals surface area contributed by atoms with Gasteiger partial charge in [0.1, 0.15) is 4.90 Å². The minimum atomic E-state index is -3.72. The van der Waals surface area contributed by atoms with E-state index in [-0.39, 0.29) is 17.3 Å². The van der Waals surface area contributed by atoms with Crippen LogP contribution < -0.4 is 4.90 Å². The van der Waals surface area contributed by atoms with Crippen molar-refractivity contribution >= 4 is 32.4 Å². The van der Waals surface area contributed by atoms with Gasteiger partial charge in [-0.1, -0.05) is 0 Å². The average molecular weight is 396 g/mol. The van der Waals surface area contributed by atoms with E-state index in [1.807, 2.05) is 5.38 Å². The highest BCUT2D eigenvalue weighted by Gasteiger charge is 2.26. The predicted molar refractivity (Wildman–Crippen MR) is 99.6 cm³/mol. The van der Waals surface area contributed by atoms with Crippen LogP contribution in [0, 0.1) is 0 Å². The summed E-state index contributed by atoms with van der Waals surface area (Å²) in [6, 6.07) is 3.03. The standard InChI is InChI=1S/C16H21N5O3S2/c1-19(26(23,24)14-4-2-5-17-12-14)13-15(22)20-7-3-8-21(10-9-20)16-18-6-11-25-16/h2,4-6,11-12H,3,7-10,13H2,1H3. The molecule has 10 heteroatoms. The van der Waals surface area contributed by atoms with Crippen molar-refractivity contribution in [1.29, 1.82) is 0 Å². The number of pyridine rings is 1. The molecule has 1 aliphatic rings. The zero-order valence-corrected chi connectivity index (χ0v) is 16.1. The second-order valence-electron chi connectivity index (χ2n) is 5.99. The molecule has 0 spiro atoms. The van der Waals surface area contributed by atoms with Crippen molar-refractivity contribution in [2.24, 2.45) is 0 Å². The van der Waals surface area contributed by atoms with Gasteiger partial charge in [0.2, 0.25) is 15.9 Å². The number of rotatable bonds is 5. The van der Waals surface area contributed by atoms with Crippen LogP contribution in [-0.4, -0.2) is 73.3 Å². The molecule has 2 aromatic rings. The van der Waals surface area contributed by atoms with E-state index in [1.165, 1.54) is 25.5 Å². The highest BCUT2D eigenvalue weighted by Crippen LogP contribution is 2.19. The van der Waals surface area contributed by atoms with Crippen molar-refractivity contribution in [3.63, 3.8) is 0 Å². The topological polar surface area (TPSA) is 86.7 Å². The maximum Gasteiger partial charge on any atom is 0.244 e. The zero-order chi connectivity index (χ0) is 18.6. The quantitative estimate of drug-likeness (QED) is 0.748. The van der Waals surface area contributed by atoms with Crippen LogP contribution in [0.4, 0.5) is 5.13 Å². The second-order valence-corrected chi connectivity index (χ2v) is 8.90. The highest BCUT2D eigenvalue weighted by molar-refractivity contribution is 7.89. The lowest BCUT2D eigenvalue weighted by molar-refractivity contribution is -0.131. The number of nitrogens with zero attached hydrogens (tertiary/aromatic N) is 5. The number of carbonyl (C=O) groups excluding carboxylic acids is 1. The zero-order valence-electron chi connectivity index (χ0n) is 14.5. The third kappa shape index (κ3) is 4.19. The van der Waals surface area contributed by atoms with Gasteiger partial charge in [0.05, 0.1) is 6.54 Å². The maximum atomic E-state index is 12.6. The summed E-state index contributed by atoms with van der Waals surface area (Å²) < 4.78 is 26.1. The van der Waals surface area contributed by atoms with Gasteiger partial charge in [-0.05, 0) is 18.6 Å². The lowest BCUT2D eigenvalue weighted by Gasteiger charge is -2.24. The molecular weight excluding hydrogens is 374 g/mol. The van der Waals surface area contributed by atoms with Crippen molar-refractivity contribution in [3.05, 3.63) is 36.1 Å². The van der Waals surface area contributed by atoms with Gasteiger partial charge in [0, 0.05) is 57.2 Å². The van der Waals surface area contributed by atoms with Crippen LogP contribution in [0.2, 0.25) is 0 Å². The molecular formula is C16H21N5O3S2. The minimum Gasteiger partial charge on any atom is -0.346 e. The van der Waals surface area contributed by atoms with E-state index < -0.39 is 10.0 Å². The number of anilines is 1. The second kappa shape index (κ2) is 8.11. The molecule has 0 N–H and O–H groups in total. The lowest BCUT2D eigenvalue weighted by Crippen LogP contribution is -2.42. The Morgan fingerprint density at radius 3 is 2.81 bits per heavy atom. The van der Waals surface area contributed by atoms with E-state index >= 15 is 0 Å². The van der Waals surface area contributed by atoms with E-state index in [2.05, 4.69) is 14.9 Å². The van der Waals surface area contributed by atoms with Crippen molar-refractivity contribution in [1.82, 2.24) is 19.2 Å². The van der Waals surface area contributed by atoms with Gasteiger partial charge >= 0.3 is 0 Å². The molecule has 0 unspecified atom stereocenters. The molecule has 3 heterocycles. The van der Waals surface area contributed by atoms with Gasteiger partial charge in [0.25, 0.3) is 0 Å². The Morgan fingerprint density at radius 1 is 1.27 bits per heavy atom. The van der Waals surface area contributed by atoms with Crippen molar-refractivity contribution in [3.8, 4) is 0 Å². The van der Waals surface area contributed by atoms with Crippen molar-refractivity contribution in [2.75, 3.05) is 44.7 Å². The first kappa shape index (κ1) is 18.7. The van der Waals surface area contributed by atoms with Crippen LogP contribution in [0.1, 0.15) is 6.42 Å². The maximum absolute atomic E-state index is 12.6. The van der Waals surface area contributed by atoms with Gasteiger partial charge < -0.3 is 9.80 Å². The summed E-state index contributed by atoms with van der Waals surface area (Å²) in [5.74, 6) is -0.194. The summed E-state index contributed by atoms with van der Waals surface area (Å²) >= 11 is 1.58. The van der Waals surface area contributed by atoms with Crippen LogP contribution >= 0.6 is 11.3 Å². The van der Waals surface area contributed by atoms with Gasteiger partial charge in [-0.2, -0.15) is 4.31 Å². The summed E-state index contributed by atoms with van der Waals surface area (Å²) in [7, 11) is -2.31. The Labute approximate surface area is 157 Å². The fraction of sp³-hybridized carbons (Fsp3) is 0.438. The Hall–Kier alpha value is -2.04. The first-order valence-corrected chi connectivity index (χ1v) is 10.6. The van der Waals surface area contributed by atoms with Crippen LogP contribution in [0.25, 0.3) is 0 Å². The lowest BCUT2D eigenvalue weighted by atomic mass is 10.4. The number of aromatic nitrogens is 2. The molecule has 2 aromatic heterocycles. The Bertz CT molecular complexity index is 827. The van der Waals surface area contributed by atoms with Crippen LogP contribution in [0.5, 0.6) is 0 Å². The third-order valence-corrected chi connectivity index (χ3v) is 6.86. The van der Waals surface area contributed by atoms with Crippen molar-refractivity contribution in [2.45, 2.75) is 11.3 Å². The predicted octanol–water partition coefficient (Wildman–Crippen LogP) is 0.897. The first-order chi connectivity index (χ1) is 12.5. The molecule has 26 heavy (non-hydrogen) atoms. The Morgan fingerprint density at radius 2 is 2.12 bits per heavy atom. The van der Waals surface area contributed by atoms with E-state index in [0.29, 0.717) is 19.6 Å². The number of likely N-dealkylation sites (N-methyl/N-ethyl adjacent to an activating group) is 1. The van der Waals surface area contributed by atoms with Gasteiger partial charge in [-0.15, -0.1) is 11.3 Å². The summed E-state index contributed by atoms with van der Waals surface area (Å²) in [5, 5.41) is 2.89. The number of amides is 1. The molecule has 1 aliphatic heterocycles. The number of carbonyl (C=O) groups is 1. The Kier molecular flexibility index (Phi) is 5.84. The molecule has 0 aliphatic carbocycles. The molecule has 140 valence electrons. The summed E-state index contributed by atoms with van der Waals surface area (Å²) in [6.07, 6.45) is 5.39. The fourth-order valence-corrected chi connectivity index (χ4v) is 4.57. The van der Waals surface area contributed by atoms with E-state index in [1.54, 1.807) is 28.5 Å². The summed E-state index contributed by atoms with van der Waals surface area (Å²) in [5.41, 5.74) is 0. The molecule has 0 bridgehead atoms. The van der Waals surface area contributed by atoms with Gasteiger partial charge in [0.15, 0.2) is 5.13 Å². The fourth-order valence-electron chi connectivity index (χ4n) is 2.79. The average Bonchev–Trinajstić information content (AvgIpc) is 3.06. The molecule has 0 radical (unpaired) electrons. The van der Waals surface area contributed by atoms with Crippen LogP contribution in [-0.2, 0) is 14.8 Å². The number of sulfonamides is 1. The normalized spacial score (nSPS) is 15.9. The SMILES string of the molecule is CN(CC(=O)N1CCCN(c2nccs2)CC1)S(=O)(=O)c1cccnc1. The number of hydrogen-bond donors (Lipinski definition) is 0. The molecule has 1 fully saturated rings. The Balaban J connectivity index is 1.61. The van der Waals surface area contributed by atoms with Crippen LogP contribution in [0.3, 0.4) is 0 Å². The molecule has 1 saturated heterocycles. The first-order valence-electron chi connectivity index (χ1n) is 8.27. The number of hydrogen-bond acceptors (Lipinski definition) is 7. The smallest absolute Gasteiger partial charge is 0.244 e. The van der Waals surface area contributed by atoms with E-state index in [0.717, 1.165) is 22.4 Å². The molecule has 8 nitrogen and oxygen atoms in total. The molecule has 0 atom stereocenters. The van der Waals surface area contributed by atoms with E-state index in [9.17, 15) is 13.2 Å². The third-order valence-electron chi connectivity index (χ3n) is 4.24. The largest absolute Gasteiger partial charge is 0.346 e. The number of thiazole rings is 1. The summed E-state index contributed by atoms with van der Waals surface area (Å²) in [4.78, 5) is 24.7. The van der Waals surface area contributed by atoms with E-state index in [4.69, 9.17) is 0 Å². The minimum absolute atomic E-state index is 0.0844. The molecule has 0 saturated carbocycles. The molecule has 0 aromatic carbocycles. The van der Waals surface area contributed by atoms with Gasteiger partial charge in [-0.3, -0.25) is 9.78 Å². The van der Waals surface area contributed by atoms with Crippen molar-refractivity contribution < 1.29 is 13.2 Å². The van der Waals surface area contributed by atoms with Gasteiger partial charge in [-0.25, -0.2) is 13.4 Å². The molecule has 1 amide bonds. The molecule has 3 rings (SSSR count). The highest BCUT2D eigenvalue weighted by atomic mass is 32.2. The monoisotopic (exact) mass is 395 g/mol. The van der Waals surface area contributed by atoms with Crippen LogP contribution in [0.15, 0.2) is 41.0 Å².